The minimum absolute atomic E-state index is 0.137. The van der Waals surface area contributed by atoms with Crippen LogP contribution in [0.3, 0.4) is 0 Å². The number of carbonyl (C=O) groups is 1. The van der Waals surface area contributed by atoms with E-state index in [9.17, 15) is 13.6 Å². The number of hydrogen-bond donors (Lipinski definition) is 1. The number of benzene rings is 1. The zero-order valence-corrected chi connectivity index (χ0v) is 13.5. The van der Waals surface area contributed by atoms with Gasteiger partial charge in [0.15, 0.2) is 0 Å². The molecule has 0 unspecified atom stereocenters. The number of nitrogens with zero attached hydrogens (tertiary/aromatic N) is 2. The first-order valence-electron chi connectivity index (χ1n) is 7.83. The molecule has 1 amide bonds. The molecule has 0 saturated carbocycles. The Labute approximate surface area is 138 Å². The van der Waals surface area contributed by atoms with Crippen molar-refractivity contribution in [3.05, 3.63) is 53.4 Å². The molecule has 0 bridgehead atoms. The molecule has 3 atom stereocenters. The van der Waals surface area contributed by atoms with Gasteiger partial charge in [-0.15, -0.1) is 0 Å². The number of ether oxygens (including phenoxy) is 1. The number of rotatable bonds is 4. The third-order valence-electron chi connectivity index (χ3n) is 4.37. The SMILES string of the molecule is C[C@H](NC(=O)[C@@H]1CCO[C@H]1c1ccnn1C)c1c(F)cccc1F. The summed E-state index contributed by atoms with van der Waals surface area (Å²) in [4.78, 5) is 12.6. The standard InChI is InChI=1S/C17H19F2N3O2/c1-10(15-12(18)4-3-5-13(15)19)21-17(23)11-7-9-24-16(11)14-6-8-20-22(14)2/h3-6,8,10-11,16H,7,9H2,1-2H3,(H,21,23)/t10-,11+,16+/m0/s1. The molecular formula is C17H19F2N3O2. The van der Waals surface area contributed by atoms with E-state index < -0.39 is 29.7 Å². The lowest BCUT2D eigenvalue weighted by Gasteiger charge is -2.22. The zero-order valence-electron chi connectivity index (χ0n) is 13.5. The van der Waals surface area contributed by atoms with Gasteiger partial charge in [-0.1, -0.05) is 6.07 Å². The van der Waals surface area contributed by atoms with Crippen LogP contribution in [0.25, 0.3) is 0 Å². The van der Waals surface area contributed by atoms with Gasteiger partial charge in [0.1, 0.15) is 17.7 Å². The van der Waals surface area contributed by atoms with Crippen molar-refractivity contribution in [1.29, 1.82) is 0 Å². The van der Waals surface area contributed by atoms with Crippen LogP contribution in [-0.2, 0) is 16.6 Å². The molecule has 1 aromatic heterocycles. The normalized spacial score (nSPS) is 21.7. The topological polar surface area (TPSA) is 56.1 Å². The third-order valence-corrected chi connectivity index (χ3v) is 4.37. The summed E-state index contributed by atoms with van der Waals surface area (Å²) < 4.78 is 35.0. The summed E-state index contributed by atoms with van der Waals surface area (Å²) in [5.74, 6) is -2.05. The van der Waals surface area contributed by atoms with Gasteiger partial charge in [0.2, 0.25) is 5.91 Å². The Hall–Kier alpha value is -2.28. The summed E-state index contributed by atoms with van der Waals surface area (Å²) in [7, 11) is 1.78. The van der Waals surface area contributed by atoms with Crippen LogP contribution in [0.15, 0.2) is 30.5 Å². The molecule has 0 aliphatic carbocycles. The number of halogens is 2. The Morgan fingerprint density at radius 3 is 2.71 bits per heavy atom. The first-order chi connectivity index (χ1) is 11.5. The van der Waals surface area contributed by atoms with E-state index >= 15 is 0 Å². The van der Waals surface area contributed by atoms with E-state index in [1.807, 2.05) is 0 Å². The molecule has 0 radical (unpaired) electrons. The first-order valence-corrected chi connectivity index (χ1v) is 7.83. The minimum atomic E-state index is -0.772. The van der Waals surface area contributed by atoms with Gasteiger partial charge in [0, 0.05) is 25.4 Å². The second kappa shape index (κ2) is 6.68. The van der Waals surface area contributed by atoms with Gasteiger partial charge < -0.3 is 10.1 Å². The van der Waals surface area contributed by atoms with Crippen molar-refractivity contribution in [1.82, 2.24) is 15.1 Å². The monoisotopic (exact) mass is 335 g/mol. The molecule has 1 aliphatic heterocycles. The summed E-state index contributed by atoms with van der Waals surface area (Å²) in [6.07, 6.45) is 1.78. The fourth-order valence-electron chi connectivity index (χ4n) is 3.13. The lowest BCUT2D eigenvalue weighted by Crippen LogP contribution is -2.35. The lowest BCUT2D eigenvalue weighted by molar-refractivity contribution is -0.127. The van der Waals surface area contributed by atoms with Crippen molar-refractivity contribution in [2.24, 2.45) is 13.0 Å². The van der Waals surface area contributed by atoms with Crippen molar-refractivity contribution in [2.45, 2.75) is 25.5 Å². The Bertz CT molecular complexity index is 727. The zero-order chi connectivity index (χ0) is 17.3. The summed E-state index contributed by atoms with van der Waals surface area (Å²) in [5.41, 5.74) is 0.666. The summed E-state index contributed by atoms with van der Waals surface area (Å²) in [6, 6.07) is 4.69. The maximum absolute atomic E-state index is 13.9. The van der Waals surface area contributed by atoms with Gasteiger partial charge in [-0.05, 0) is 31.5 Å². The largest absolute Gasteiger partial charge is 0.371 e. The van der Waals surface area contributed by atoms with Crippen molar-refractivity contribution in [2.75, 3.05) is 6.61 Å². The van der Waals surface area contributed by atoms with Gasteiger partial charge in [0.25, 0.3) is 0 Å². The predicted octanol–water partition coefficient (Wildman–Crippen LogP) is 2.65. The maximum Gasteiger partial charge on any atom is 0.226 e. The Morgan fingerprint density at radius 1 is 1.38 bits per heavy atom. The number of aryl methyl sites for hydroxylation is 1. The van der Waals surface area contributed by atoms with E-state index in [0.29, 0.717) is 13.0 Å². The second-order valence-electron chi connectivity index (χ2n) is 5.93. The van der Waals surface area contributed by atoms with Gasteiger partial charge in [0.05, 0.1) is 17.7 Å². The molecule has 24 heavy (non-hydrogen) atoms. The number of carbonyl (C=O) groups excluding carboxylic acids is 1. The fourth-order valence-corrected chi connectivity index (χ4v) is 3.13. The van der Waals surface area contributed by atoms with Crippen LogP contribution < -0.4 is 5.32 Å². The molecule has 2 heterocycles. The van der Waals surface area contributed by atoms with E-state index in [1.165, 1.54) is 18.2 Å². The molecule has 2 aromatic rings. The third kappa shape index (κ3) is 3.03. The van der Waals surface area contributed by atoms with Crippen LogP contribution in [0.5, 0.6) is 0 Å². The highest BCUT2D eigenvalue weighted by molar-refractivity contribution is 5.80. The molecule has 0 spiro atoms. The van der Waals surface area contributed by atoms with Crippen molar-refractivity contribution in [3.63, 3.8) is 0 Å². The van der Waals surface area contributed by atoms with Crippen LogP contribution in [-0.4, -0.2) is 22.3 Å². The van der Waals surface area contributed by atoms with Crippen LogP contribution in [0.2, 0.25) is 0 Å². The van der Waals surface area contributed by atoms with Crippen LogP contribution in [0.1, 0.15) is 36.7 Å². The molecular weight excluding hydrogens is 316 g/mol. The summed E-state index contributed by atoms with van der Waals surface area (Å²) in [5, 5.41) is 6.80. The van der Waals surface area contributed by atoms with E-state index in [4.69, 9.17) is 4.74 Å². The average Bonchev–Trinajstić information content (AvgIpc) is 3.15. The Balaban J connectivity index is 1.76. The Kier molecular flexibility index (Phi) is 4.62. The van der Waals surface area contributed by atoms with Gasteiger partial charge >= 0.3 is 0 Å². The highest BCUT2D eigenvalue weighted by atomic mass is 19.1. The van der Waals surface area contributed by atoms with Crippen molar-refractivity contribution < 1.29 is 18.3 Å². The second-order valence-corrected chi connectivity index (χ2v) is 5.93. The molecule has 1 aliphatic rings. The highest BCUT2D eigenvalue weighted by Gasteiger charge is 2.37. The Morgan fingerprint density at radius 2 is 2.08 bits per heavy atom. The smallest absolute Gasteiger partial charge is 0.226 e. The van der Waals surface area contributed by atoms with E-state index in [-0.39, 0.29) is 11.5 Å². The van der Waals surface area contributed by atoms with Crippen LogP contribution >= 0.6 is 0 Å². The number of amides is 1. The molecule has 1 fully saturated rings. The summed E-state index contributed by atoms with van der Waals surface area (Å²) in [6.45, 7) is 2.02. The molecule has 1 aromatic carbocycles. The van der Waals surface area contributed by atoms with Crippen molar-refractivity contribution in [3.8, 4) is 0 Å². The molecule has 1 N–H and O–H groups in total. The van der Waals surface area contributed by atoms with E-state index in [1.54, 1.807) is 30.9 Å². The summed E-state index contributed by atoms with van der Waals surface area (Å²) >= 11 is 0. The number of nitrogens with one attached hydrogen (secondary N) is 1. The molecule has 1 saturated heterocycles. The molecule has 5 nitrogen and oxygen atoms in total. The highest BCUT2D eigenvalue weighted by Crippen LogP contribution is 2.35. The minimum Gasteiger partial charge on any atom is -0.371 e. The van der Waals surface area contributed by atoms with E-state index in [2.05, 4.69) is 10.4 Å². The lowest BCUT2D eigenvalue weighted by atomic mass is 9.97. The van der Waals surface area contributed by atoms with Crippen molar-refractivity contribution >= 4 is 5.91 Å². The molecule has 7 heteroatoms. The van der Waals surface area contributed by atoms with Crippen LogP contribution in [0.4, 0.5) is 8.78 Å². The van der Waals surface area contributed by atoms with Gasteiger partial charge in [-0.2, -0.15) is 5.10 Å². The van der Waals surface area contributed by atoms with Crippen LogP contribution in [0, 0.1) is 17.6 Å². The van der Waals surface area contributed by atoms with E-state index in [0.717, 1.165) is 5.69 Å². The quantitative estimate of drug-likeness (QED) is 0.934. The average molecular weight is 335 g/mol. The number of aromatic nitrogens is 2. The maximum atomic E-state index is 13.9. The van der Waals surface area contributed by atoms with Gasteiger partial charge in [-0.3, -0.25) is 9.48 Å². The number of hydrogen-bond acceptors (Lipinski definition) is 3. The fraction of sp³-hybridized carbons (Fsp3) is 0.412. The molecule has 3 rings (SSSR count). The van der Waals surface area contributed by atoms with Gasteiger partial charge in [-0.25, -0.2) is 8.78 Å². The first kappa shape index (κ1) is 16.6. The molecule has 128 valence electrons. The predicted molar refractivity (Wildman–Crippen MR) is 82.9 cm³/mol.